The number of nitrogens with one attached hydrogen (secondary N) is 1. The van der Waals surface area contributed by atoms with E-state index in [4.69, 9.17) is 0 Å². The summed E-state index contributed by atoms with van der Waals surface area (Å²) in [5, 5.41) is 2.96. The first-order chi connectivity index (χ1) is 10.7. The molecule has 0 saturated heterocycles. The van der Waals surface area contributed by atoms with Crippen molar-refractivity contribution < 1.29 is 13.2 Å². The van der Waals surface area contributed by atoms with Crippen LogP contribution >= 0.6 is 11.3 Å². The molecule has 0 aliphatic heterocycles. The highest BCUT2D eigenvalue weighted by molar-refractivity contribution is 7.90. The third-order valence-electron chi connectivity index (χ3n) is 3.78. The van der Waals surface area contributed by atoms with E-state index in [1.807, 2.05) is 19.9 Å². The number of carbonyl (C=O) groups is 1. The molecule has 0 aliphatic rings. The van der Waals surface area contributed by atoms with Crippen LogP contribution in [0.5, 0.6) is 0 Å². The first-order valence-electron chi connectivity index (χ1n) is 7.42. The molecule has 0 saturated carbocycles. The van der Waals surface area contributed by atoms with Crippen LogP contribution in [0.1, 0.15) is 45.6 Å². The van der Waals surface area contributed by atoms with E-state index in [0.717, 1.165) is 12.0 Å². The zero-order valence-corrected chi connectivity index (χ0v) is 15.3. The van der Waals surface area contributed by atoms with Gasteiger partial charge in [0.25, 0.3) is 5.91 Å². The highest BCUT2D eigenvalue weighted by atomic mass is 32.2. The summed E-state index contributed by atoms with van der Waals surface area (Å²) in [5.74, 6) is -0.0995. The number of amides is 1. The van der Waals surface area contributed by atoms with Gasteiger partial charge in [-0.1, -0.05) is 19.1 Å². The molecule has 0 unspecified atom stereocenters. The first-order valence-corrected chi connectivity index (χ1v) is 10.1. The number of hydrogen-bond acceptors (Lipinski definition) is 4. The molecular formula is C17H21NO3S2. The summed E-state index contributed by atoms with van der Waals surface area (Å²) in [4.78, 5) is 14.5. The van der Waals surface area contributed by atoms with Crippen molar-refractivity contribution in [3.05, 3.63) is 51.2 Å². The number of rotatable bonds is 5. The lowest BCUT2D eigenvalue weighted by Crippen LogP contribution is -2.25. The predicted octanol–water partition coefficient (Wildman–Crippen LogP) is 3.51. The summed E-state index contributed by atoms with van der Waals surface area (Å²) >= 11 is 1.50. The fourth-order valence-electron chi connectivity index (χ4n) is 2.34. The summed E-state index contributed by atoms with van der Waals surface area (Å²) < 4.78 is 22.9. The second kappa shape index (κ2) is 6.84. The van der Waals surface area contributed by atoms with Gasteiger partial charge >= 0.3 is 0 Å². The van der Waals surface area contributed by atoms with Crippen molar-refractivity contribution in [1.82, 2.24) is 5.32 Å². The van der Waals surface area contributed by atoms with Gasteiger partial charge in [0.15, 0.2) is 9.84 Å². The van der Waals surface area contributed by atoms with Crippen LogP contribution < -0.4 is 5.32 Å². The smallest absolute Gasteiger partial charge is 0.261 e. The Bertz CT molecular complexity index is 805. The average molecular weight is 351 g/mol. The summed E-state index contributed by atoms with van der Waals surface area (Å²) in [6.45, 7) is 5.98. The molecule has 0 spiro atoms. The fourth-order valence-corrected chi connectivity index (χ4v) is 3.99. The molecule has 1 N–H and O–H groups in total. The first kappa shape index (κ1) is 17.7. The standard InChI is InChI=1S/C17H21NO3S2/c1-5-13-10-16(22-12(13)3)17(19)18-11(2)14-6-8-15(9-7-14)23(4,20)21/h6-11H,5H2,1-4H3,(H,18,19)/t11-/m0/s1. The van der Waals surface area contributed by atoms with Crippen molar-refractivity contribution in [2.24, 2.45) is 0 Å². The van der Waals surface area contributed by atoms with E-state index < -0.39 is 9.84 Å². The molecule has 1 aromatic heterocycles. The SMILES string of the molecule is CCc1cc(C(=O)N[C@@H](C)c2ccc(S(C)(=O)=O)cc2)sc1C. The number of aryl methyl sites for hydroxylation is 2. The molecular weight excluding hydrogens is 330 g/mol. The summed E-state index contributed by atoms with van der Waals surface area (Å²) in [7, 11) is -3.20. The molecule has 6 heteroatoms. The van der Waals surface area contributed by atoms with Crippen molar-refractivity contribution in [2.75, 3.05) is 6.26 Å². The van der Waals surface area contributed by atoms with Crippen molar-refractivity contribution >= 4 is 27.1 Å². The molecule has 0 radical (unpaired) electrons. The van der Waals surface area contributed by atoms with Crippen molar-refractivity contribution in [2.45, 2.75) is 38.1 Å². The van der Waals surface area contributed by atoms with Crippen LogP contribution in [0.3, 0.4) is 0 Å². The van der Waals surface area contributed by atoms with Gasteiger partial charge in [0.05, 0.1) is 15.8 Å². The Balaban J connectivity index is 2.11. The summed E-state index contributed by atoms with van der Waals surface area (Å²) in [6.07, 6.45) is 2.09. The van der Waals surface area contributed by atoms with E-state index in [0.29, 0.717) is 4.88 Å². The van der Waals surface area contributed by atoms with E-state index in [-0.39, 0.29) is 16.8 Å². The molecule has 1 heterocycles. The van der Waals surface area contributed by atoms with Crippen LogP contribution in [0.2, 0.25) is 0 Å². The highest BCUT2D eigenvalue weighted by Crippen LogP contribution is 2.23. The maximum absolute atomic E-state index is 12.3. The van der Waals surface area contributed by atoms with Crippen LogP contribution in [0, 0.1) is 6.92 Å². The minimum atomic E-state index is -3.20. The van der Waals surface area contributed by atoms with Crippen LogP contribution in [0.4, 0.5) is 0 Å². The second-order valence-corrected chi connectivity index (χ2v) is 8.85. The lowest BCUT2D eigenvalue weighted by molar-refractivity contribution is 0.0944. The molecule has 0 bridgehead atoms. The average Bonchev–Trinajstić information content (AvgIpc) is 2.87. The molecule has 0 fully saturated rings. The highest BCUT2D eigenvalue weighted by Gasteiger charge is 2.15. The third kappa shape index (κ3) is 4.20. The number of thiophene rings is 1. The Morgan fingerprint density at radius 2 is 1.87 bits per heavy atom. The Hall–Kier alpha value is -1.66. The molecule has 1 atom stereocenters. The van der Waals surface area contributed by atoms with Gasteiger partial charge in [-0.2, -0.15) is 0 Å². The zero-order valence-electron chi connectivity index (χ0n) is 13.7. The molecule has 4 nitrogen and oxygen atoms in total. The van der Waals surface area contributed by atoms with E-state index >= 15 is 0 Å². The molecule has 2 rings (SSSR count). The lowest BCUT2D eigenvalue weighted by atomic mass is 10.1. The molecule has 0 aliphatic carbocycles. The summed E-state index contributed by atoms with van der Waals surface area (Å²) in [5.41, 5.74) is 2.07. The topological polar surface area (TPSA) is 63.2 Å². The number of hydrogen-bond donors (Lipinski definition) is 1. The maximum atomic E-state index is 12.3. The Kier molecular flexibility index (Phi) is 5.26. The molecule has 2 aromatic rings. The van der Waals surface area contributed by atoms with Gasteiger partial charge in [-0.05, 0) is 49.6 Å². The van der Waals surface area contributed by atoms with Gasteiger partial charge in [-0.25, -0.2) is 8.42 Å². The minimum Gasteiger partial charge on any atom is -0.345 e. The van der Waals surface area contributed by atoms with E-state index in [2.05, 4.69) is 12.2 Å². The summed E-state index contributed by atoms with van der Waals surface area (Å²) in [6, 6.07) is 8.35. The van der Waals surface area contributed by atoms with Crippen molar-refractivity contribution in [3.63, 3.8) is 0 Å². The monoisotopic (exact) mass is 351 g/mol. The molecule has 1 aromatic carbocycles. The lowest BCUT2D eigenvalue weighted by Gasteiger charge is -2.14. The molecule has 1 amide bonds. The van der Waals surface area contributed by atoms with Gasteiger partial charge in [0.2, 0.25) is 0 Å². The third-order valence-corrected chi connectivity index (χ3v) is 6.00. The molecule has 124 valence electrons. The van der Waals surface area contributed by atoms with Gasteiger partial charge in [-0.15, -0.1) is 11.3 Å². The Labute approximate surface area is 141 Å². The fraction of sp³-hybridized carbons (Fsp3) is 0.353. The Morgan fingerprint density at radius 3 is 2.35 bits per heavy atom. The van der Waals surface area contributed by atoms with E-state index in [1.165, 1.54) is 28.0 Å². The van der Waals surface area contributed by atoms with Crippen molar-refractivity contribution in [3.8, 4) is 0 Å². The number of carbonyl (C=O) groups excluding carboxylic acids is 1. The van der Waals surface area contributed by atoms with Gasteiger partial charge in [0.1, 0.15) is 0 Å². The van der Waals surface area contributed by atoms with Crippen LogP contribution in [0.25, 0.3) is 0 Å². The Morgan fingerprint density at radius 1 is 1.26 bits per heavy atom. The number of benzene rings is 1. The quantitative estimate of drug-likeness (QED) is 0.896. The minimum absolute atomic E-state index is 0.0995. The van der Waals surface area contributed by atoms with Gasteiger partial charge in [0, 0.05) is 11.1 Å². The van der Waals surface area contributed by atoms with Crippen LogP contribution in [-0.4, -0.2) is 20.6 Å². The van der Waals surface area contributed by atoms with Crippen LogP contribution in [-0.2, 0) is 16.3 Å². The molecule has 23 heavy (non-hydrogen) atoms. The predicted molar refractivity (Wildman–Crippen MR) is 93.9 cm³/mol. The van der Waals surface area contributed by atoms with Gasteiger partial charge in [-0.3, -0.25) is 4.79 Å². The second-order valence-electron chi connectivity index (χ2n) is 5.58. The number of sulfone groups is 1. The van der Waals surface area contributed by atoms with E-state index in [1.54, 1.807) is 24.3 Å². The zero-order chi connectivity index (χ0) is 17.2. The van der Waals surface area contributed by atoms with Crippen molar-refractivity contribution in [1.29, 1.82) is 0 Å². The van der Waals surface area contributed by atoms with Gasteiger partial charge < -0.3 is 5.32 Å². The largest absolute Gasteiger partial charge is 0.345 e. The van der Waals surface area contributed by atoms with Crippen LogP contribution in [0.15, 0.2) is 35.2 Å². The normalized spacial score (nSPS) is 12.9. The maximum Gasteiger partial charge on any atom is 0.261 e. The van der Waals surface area contributed by atoms with E-state index in [9.17, 15) is 13.2 Å².